The second-order valence-corrected chi connectivity index (χ2v) is 7.99. The summed E-state index contributed by atoms with van der Waals surface area (Å²) in [6, 6.07) is 3.74. The topological polar surface area (TPSA) is 54.8 Å². The lowest BCUT2D eigenvalue weighted by atomic mass is 9.97. The fourth-order valence-corrected chi connectivity index (χ4v) is 4.74. The molecule has 28 heavy (non-hydrogen) atoms. The Labute approximate surface area is 170 Å². The van der Waals surface area contributed by atoms with Gasteiger partial charge in [0.1, 0.15) is 23.2 Å². The number of amides is 1. The van der Waals surface area contributed by atoms with Crippen LogP contribution in [-0.4, -0.2) is 40.5 Å². The third kappa shape index (κ3) is 3.75. The van der Waals surface area contributed by atoms with E-state index in [2.05, 4.69) is 10.1 Å². The van der Waals surface area contributed by atoms with Crippen molar-refractivity contribution in [2.24, 2.45) is 5.16 Å². The number of oxime groups is 1. The lowest BCUT2D eigenvalue weighted by Gasteiger charge is -2.30. The van der Waals surface area contributed by atoms with E-state index in [-0.39, 0.29) is 29.7 Å². The van der Waals surface area contributed by atoms with Crippen LogP contribution in [0.2, 0.25) is 0 Å². The van der Waals surface area contributed by atoms with Crippen LogP contribution in [0.5, 0.6) is 0 Å². The lowest BCUT2D eigenvalue weighted by Crippen LogP contribution is -2.38. The van der Waals surface area contributed by atoms with Gasteiger partial charge in [-0.05, 0) is 25.0 Å². The Hall–Kier alpha value is -2.06. The molecule has 4 rings (SSSR count). The van der Waals surface area contributed by atoms with Crippen LogP contribution in [0.25, 0.3) is 0 Å². The van der Waals surface area contributed by atoms with E-state index < -0.39 is 17.7 Å². The quantitative estimate of drug-likeness (QED) is 0.689. The number of hydrogen-bond acceptors (Lipinski definition) is 5. The molecule has 2 aliphatic heterocycles. The maximum absolute atomic E-state index is 14.0. The van der Waals surface area contributed by atoms with Crippen LogP contribution < -0.4 is 0 Å². The number of thiazole rings is 1. The minimum absolute atomic E-state index is 0.00958. The van der Waals surface area contributed by atoms with Crippen molar-refractivity contribution < 1.29 is 18.4 Å². The van der Waals surface area contributed by atoms with Gasteiger partial charge in [-0.3, -0.25) is 4.79 Å². The Bertz CT molecular complexity index is 892. The Morgan fingerprint density at radius 2 is 2.00 bits per heavy atom. The highest BCUT2D eigenvalue weighted by Gasteiger charge is 2.31. The smallest absolute Gasteiger partial charge is 0.237 e. The molecule has 1 saturated heterocycles. The molecule has 9 heteroatoms. The number of rotatable bonds is 4. The standard InChI is InChI=1S/C19H18ClF2N3O2S/c20-9-17(26)25-6-4-11(5-7-25)19-23-15(10-28-19)14-8-16(27-24-14)18-12(21)2-1-3-13(18)22/h1-3,10-11,16H,4-9H2. The van der Waals surface area contributed by atoms with Gasteiger partial charge in [-0.25, -0.2) is 13.8 Å². The predicted octanol–water partition coefficient (Wildman–Crippen LogP) is 4.23. The molecule has 0 radical (unpaired) electrons. The fraction of sp³-hybridized carbons (Fsp3) is 0.421. The zero-order valence-electron chi connectivity index (χ0n) is 14.9. The molecule has 148 valence electrons. The average Bonchev–Trinajstić information content (AvgIpc) is 3.37. The van der Waals surface area contributed by atoms with Gasteiger partial charge in [-0.2, -0.15) is 0 Å². The van der Waals surface area contributed by atoms with E-state index in [1.165, 1.54) is 29.5 Å². The third-order valence-electron chi connectivity index (χ3n) is 5.12. The molecule has 1 aromatic heterocycles. The van der Waals surface area contributed by atoms with Gasteiger partial charge in [0.05, 0.1) is 16.3 Å². The molecule has 0 bridgehead atoms. The van der Waals surface area contributed by atoms with E-state index in [4.69, 9.17) is 16.4 Å². The Kier molecular flexibility index (Phi) is 5.59. The molecule has 1 amide bonds. The summed E-state index contributed by atoms with van der Waals surface area (Å²) in [7, 11) is 0. The number of alkyl halides is 1. The minimum atomic E-state index is -0.786. The van der Waals surface area contributed by atoms with Gasteiger partial charge in [0.2, 0.25) is 5.91 Å². The Balaban J connectivity index is 1.41. The van der Waals surface area contributed by atoms with Crippen molar-refractivity contribution in [3.8, 4) is 0 Å². The molecular formula is C19H18ClF2N3O2S. The number of piperidine rings is 1. The SMILES string of the molecule is O=C(CCl)N1CCC(c2nc(C3=NOC(c4c(F)cccc4F)C3)cs2)CC1. The summed E-state index contributed by atoms with van der Waals surface area (Å²) in [5.41, 5.74) is 1.16. The van der Waals surface area contributed by atoms with E-state index in [0.717, 1.165) is 17.8 Å². The van der Waals surface area contributed by atoms with E-state index >= 15 is 0 Å². The first kappa shape index (κ1) is 19.3. The summed E-state index contributed by atoms with van der Waals surface area (Å²) in [5.74, 6) is -1.03. The lowest BCUT2D eigenvalue weighted by molar-refractivity contribution is -0.129. The minimum Gasteiger partial charge on any atom is -0.387 e. The molecule has 5 nitrogen and oxygen atoms in total. The van der Waals surface area contributed by atoms with Crippen molar-refractivity contribution in [1.82, 2.24) is 9.88 Å². The molecule has 1 atom stereocenters. The highest BCUT2D eigenvalue weighted by Crippen LogP contribution is 2.35. The van der Waals surface area contributed by atoms with Crippen molar-refractivity contribution in [2.75, 3.05) is 19.0 Å². The number of hydrogen-bond donors (Lipinski definition) is 0. The third-order valence-corrected chi connectivity index (χ3v) is 6.36. The van der Waals surface area contributed by atoms with Crippen LogP contribution in [0.1, 0.15) is 47.5 Å². The largest absolute Gasteiger partial charge is 0.387 e. The molecule has 1 fully saturated rings. The van der Waals surface area contributed by atoms with Crippen molar-refractivity contribution >= 4 is 34.6 Å². The number of carbonyl (C=O) groups is 1. The molecular weight excluding hydrogens is 408 g/mol. The normalized spacial score (nSPS) is 20.2. The van der Waals surface area contributed by atoms with Crippen LogP contribution in [0, 0.1) is 11.6 Å². The maximum atomic E-state index is 14.0. The van der Waals surface area contributed by atoms with Gasteiger partial charge < -0.3 is 9.74 Å². The second kappa shape index (κ2) is 8.13. The summed E-state index contributed by atoms with van der Waals surface area (Å²) in [6.45, 7) is 1.34. The molecule has 2 aromatic rings. The number of aromatic nitrogens is 1. The molecule has 2 aliphatic rings. The zero-order valence-corrected chi connectivity index (χ0v) is 16.5. The summed E-state index contributed by atoms with van der Waals surface area (Å²) < 4.78 is 27.9. The van der Waals surface area contributed by atoms with Gasteiger partial charge in [-0.1, -0.05) is 11.2 Å². The van der Waals surface area contributed by atoms with E-state index in [0.29, 0.717) is 24.5 Å². The Morgan fingerprint density at radius 1 is 1.29 bits per heavy atom. The molecule has 0 spiro atoms. The average molecular weight is 426 g/mol. The summed E-state index contributed by atoms with van der Waals surface area (Å²) in [4.78, 5) is 23.4. The maximum Gasteiger partial charge on any atom is 0.237 e. The van der Waals surface area contributed by atoms with Crippen LogP contribution in [-0.2, 0) is 9.63 Å². The van der Waals surface area contributed by atoms with Crippen molar-refractivity contribution in [3.05, 3.63) is 51.5 Å². The highest BCUT2D eigenvalue weighted by atomic mass is 35.5. The first-order valence-corrected chi connectivity index (χ1v) is 10.4. The van der Waals surface area contributed by atoms with Gasteiger partial charge in [0, 0.05) is 30.8 Å². The molecule has 0 N–H and O–H groups in total. The van der Waals surface area contributed by atoms with Crippen LogP contribution >= 0.6 is 22.9 Å². The number of halogens is 3. The number of benzene rings is 1. The first-order chi connectivity index (χ1) is 13.6. The highest BCUT2D eigenvalue weighted by molar-refractivity contribution is 7.10. The second-order valence-electron chi connectivity index (χ2n) is 6.83. The van der Waals surface area contributed by atoms with Crippen molar-refractivity contribution in [1.29, 1.82) is 0 Å². The molecule has 0 aliphatic carbocycles. The summed E-state index contributed by atoms with van der Waals surface area (Å²) in [5, 5.41) is 6.89. The number of likely N-dealkylation sites (tertiary alicyclic amines) is 1. The monoisotopic (exact) mass is 425 g/mol. The van der Waals surface area contributed by atoms with Gasteiger partial charge >= 0.3 is 0 Å². The number of carbonyl (C=O) groups excluding carboxylic acids is 1. The van der Waals surface area contributed by atoms with Crippen LogP contribution in [0.3, 0.4) is 0 Å². The van der Waals surface area contributed by atoms with Crippen LogP contribution in [0.15, 0.2) is 28.7 Å². The Morgan fingerprint density at radius 3 is 2.68 bits per heavy atom. The molecule has 0 saturated carbocycles. The van der Waals surface area contributed by atoms with Gasteiger partial charge in [0.15, 0.2) is 6.10 Å². The van der Waals surface area contributed by atoms with Gasteiger partial charge in [-0.15, -0.1) is 22.9 Å². The summed E-state index contributed by atoms with van der Waals surface area (Å²) >= 11 is 7.15. The first-order valence-electron chi connectivity index (χ1n) is 9.03. The predicted molar refractivity (Wildman–Crippen MR) is 103 cm³/mol. The molecule has 3 heterocycles. The number of nitrogens with zero attached hydrogens (tertiary/aromatic N) is 3. The van der Waals surface area contributed by atoms with E-state index in [1.807, 2.05) is 5.38 Å². The van der Waals surface area contributed by atoms with Crippen LogP contribution in [0.4, 0.5) is 8.78 Å². The van der Waals surface area contributed by atoms with E-state index in [9.17, 15) is 13.6 Å². The molecule has 1 unspecified atom stereocenters. The zero-order chi connectivity index (χ0) is 19.7. The molecule has 1 aromatic carbocycles. The fourth-order valence-electron chi connectivity index (χ4n) is 3.57. The summed E-state index contributed by atoms with van der Waals surface area (Å²) in [6.07, 6.45) is 1.15. The van der Waals surface area contributed by atoms with Crippen molar-refractivity contribution in [3.63, 3.8) is 0 Å². The van der Waals surface area contributed by atoms with Crippen molar-refractivity contribution in [2.45, 2.75) is 31.3 Å². The van der Waals surface area contributed by atoms with E-state index in [1.54, 1.807) is 4.90 Å². The van der Waals surface area contributed by atoms with Gasteiger partial charge in [0.25, 0.3) is 0 Å².